The van der Waals surface area contributed by atoms with Crippen molar-refractivity contribution in [2.24, 2.45) is 0 Å². The van der Waals surface area contributed by atoms with Crippen molar-refractivity contribution in [1.82, 2.24) is 10.3 Å². The van der Waals surface area contributed by atoms with Crippen molar-refractivity contribution in [3.8, 4) is 0 Å². The van der Waals surface area contributed by atoms with E-state index in [0.29, 0.717) is 36.7 Å². The number of carbonyl (C=O) groups excluding carboxylic acids is 1. The second kappa shape index (κ2) is 11.3. The minimum atomic E-state index is -2.55. The van der Waals surface area contributed by atoms with Crippen LogP contribution in [0, 0.1) is 0 Å². The minimum Gasteiger partial charge on any atom is -0.463 e. The lowest BCUT2D eigenvalue weighted by Gasteiger charge is -2.33. The third kappa shape index (κ3) is 6.45. The molecule has 0 spiro atoms. The molecule has 202 valence electrons. The minimum absolute atomic E-state index is 0.100. The number of benzene rings is 1. The van der Waals surface area contributed by atoms with Gasteiger partial charge in [0.1, 0.15) is 11.5 Å². The molecule has 0 atom stereocenters. The van der Waals surface area contributed by atoms with E-state index in [1.54, 1.807) is 24.4 Å². The van der Waals surface area contributed by atoms with Crippen LogP contribution in [-0.2, 0) is 17.8 Å². The van der Waals surface area contributed by atoms with Gasteiger partial charge in [-0.1, -0.05) is 31.2 Å². The molecule has 1 amide bonds. The molecule has 39 heavy (non-hydrogen) atoms. The predicted octanol–water partition coefficient (Wildman–Crippen LogP) is 6.26. The number of nitrogen functional groups attached to an aromatic ring is 1. The van der Waals surface area contributed by atoms with E-state index in [9.17, 15) is 13.6 Å². The van der Waals surface area contributed by atoms with Gasteiger partial charge in [-0.05, 0) is 59.5 Å². The largest absolute Gasteiger partial charge is 0.463 e. The summed E-state index contributed by atoms with van der Waals surface area (Å²) in [5, 5.41) is 2.86. The molecule has 0 bridgehead atoms. The molecule has 0 radical (unpaired) electrons. The van der Waals surface area contributed by atoms with Gasteiger partial charge in [-0.3, -0.25) is 9.78 Å². The van der Waals surface area contributed by atoms with Crippen LogP contribution in [0.15, 0.2) is 71.3 Å². The molecule has 2 aromatic heterocycles. The van der Waals surface area contributed by atoms with Crippen molar-refractivity contribution in [3.63, 3.8) is 0 Å². The third-order valence-electron chi connectivity index (χ3n) is 7.14. The molecule has 1 saturated heterocycles. The fraction of sp³-hybridized carbons (Fsp3) is 0.290. The first-order chi connectivity index (χ1) is 18.8. The number of aromatic nitrogens is 1. The van der Waals surface area contributed by atoms with Crippen LogP contribution in [0.4, 0.5) is 20.2 Å². The van der Waals surface area contributed by atoms with E-state index in [1.807, 2.05) is 23.1 Å². The number of halogens is 2. The van der Waals surface area contributed by atoms with Crippen LogP contribution in [0.25, 0.3) is 17.2 Å². The first-order valence-corrected chi connectivity index (χ1v) is 13.2. The Kier molecular flexibility index (Phi) is 7.63. The first kappa shape index (κ1) is 26.4. The monoisotopic (exact) mass is 530 g/mol. The van der Waals surface area contributed by atoms with Gasteiger partial charge in [0, 0.05) is 49.7 Å². The molecule has 1 aliphatic heterocycles. The molecule has 1 fully saturated rings. The number of amides is 1. The smallest absolute Gasteiger partial charge is 0.251 e. The van der Waals surface area contributed by atoms with E-state index in [2.05, 4.69) is 41.5 Å². The van der Waals surface area contributed by atoms with Crippen molar-refractivity contribution in [3.05, 3.63) is 95.2 Å². The van der Waals surface area contributed by atoms with Crippen LogP contribution >= 0.6 is 0 Å². The molecule has 3 N–H and O–H groups in total. The number of rotatable bonds is 7. The Balaban J connectivity index is 1.23. The van der Waals surface area contributed by atoms with Gasteiger partial charge in [0.2, 0.25) is 5.91 Å². The average Bonchev–Trinajstić information content (AvgIpc) is 3.26. The molecule has 3 heterocycles. The molecule has 8 heteroatoms. The van der Waals surface area contributed by atoms with Crippen molar-refractivity contribution in [2.45, 2.75) is 45.1 Å². The maximum atomic E-state index is 13.5. The van der Waals surface area contributed by atoms with Crippen LogP contribution in [0.3, 0.4) is 0 Å². The lowest BCUT2D eigenvalue weighted by atomic mass is 9.99. The summed E-state index contributed by atoms with van der Waals surface area (Å²) in [7, 11) is 0. The Hall–Kier alpha value is -4.20. The molecule has 0 unspecified atom stereocenters. The highest BCUT2D eigenvalue weighted by molar-refractivity contribution is 5.91. The second-order valence-electron chi connectivity index (χ2n) is 9.89. The first-order valence-electron chi connectivity index (χ1n) is 13.2. The lowest BCUT2D eigenvalue weighted by molar-refractivity contribution is -0.116. The zero-order chi connectivity index (χ0) is 27.4. The fourth-order valence-electron chi connectivity index (χ4n) is 4.88. The van der Waals surface area contributed by atoms with E-state index in [-0.39, 0.29) is 25.3 Å². The Bertz CT molecular complexity index is 1410. The highest BCUT2D eigenvalue weighted by Crippen LogP contribution is 2.35. The predicted molar refractivity (Wildman–Crippen MR) is 151 cm³/mol. The standard InChI is InChI=1S/C31H32F2N4O2/c1-2-21-17-23(22-3-9-26(10-4-22)37-15-13-31(32,33)14-16-37)5-11-29-28(21)18-27(39-29)20-36-30(38)12-8-25-7-6-24(34)19-35-25/h3-10,12,17-19H,2,11,13-16,20,34H2,1H3,(H,36,38). The van der Waals surface area contributed by atoms with Crippen LogP contribution < -0.4 is 16.0 Å². The summed E-state index contributed by atoms with van der Waals surface area (Å²) in [4.78, 5) is 18.5. The Labute approximate surface area is 226 Å². The summed E-state index contributed by atoms with van der Waals surface area (Å²) < 4.78 is 33.2. The van der Waals surface area contributed by atoms with E-state index < -0.39 is 5.92 Å². The summed E-state index contributed by atoms with van der Waals surface area (Å²) in [5.74, 6) is -1.23. The number of hydrogen-bond acceptors (Lipinski definition) is 5. The van der Waals surface area contributed by atoms with E-state index in [1.165, 1.54) is 6.08 Å². The number of furan rings is 1. The van der Waals surface area contributed by atoms with Gasteiger partial charge in [-0.2, -0.15) is 0 Å². The molecule has 6 nitrogen and oxygen atoms in total. The number of nitrogens with zero attached hydrogens (tertiary/aromatic N) is 2. The molecule has 1 aliphatic carbocycles. The Morgan fingerprint density at radius 3 is 2.64 bits per heavy atom. The second-order valence-corrected chi connectivity index (χ2v) is 9.89. The van der Waals surface area contributed by atoms with Crippen LogP contribution in [0.1, 0.15) is 54.5 Å². The molecular weight excluding hydrogens is 498 g/mol. The topological polar surface area (TPSA) is 84.4 Å². The van der Waals surface area contributed by atoms with Crippen LogP contribution in [-0.4, -0.2) is 29.9 Å². The number of anilines is 2. The number of pyridine rings is 1. The van der Waals surface area contributed by atoms with Crippen molar-refractivity contribution >= 4 is 34.5 Å². The summed E-state index contributed by atoms with van der Waals surface area (Å²) in [6, 6.07) is 13.6. The maximum Gasteiger partial charge on any atom is 0.251 e. The van der Waals surface area contributed by atoms with Crippen molar-refractivity contribution in [1.29, 1.82) is 0 Å². The van der Waals surface area contributed by atoms with Gasteiger partial charge >= 0.3 is 0 Å². The highest BCUT2D eigenvalue weighted by Gasteiger charge is 2.34. The van der Waals surface area contributed by atoms with Gasteiger partial charge in [0.25, 0.3) is 5.92 Å². The Morgan fingerprint density at radius 1 is 1.18 bits per heavy atom. The molecule has 2 aliphatic rings. The van der Waals surface area contributed by atoms with E-state index in [4.69, 9.17) is 10.2 Å². The Morgan fingerprint density at radius 2 is 1.95 bits per heavy atom. The number of fused-ring (bicyclic) bond motifs is 1. The highest BCUT2D eigenvalue weighted by atomic mass is 19.3. The number of hydrogen-bond donors (Lipinski definition) is 2. The molecule has 5 rings (SSSR count). The third-order valence-corrected chi connectivity index (χ3v) is 7.14. The molecule has 3 aromatic rings. The van der Waals surface area contributed by atoms with Gasteiger partial charge in [-0.25, -0.2) is 8.78 Å². The number of allylic oxidation sites excluding steroid dienone is 4. The summed E-state index contributed by atoms with van der Waals surface area (Å²) in [6.07, 6.45) is 10.2. The maximum absolute atomic E-state index is 13.5. The van der Waals surface area contributed by atoms with Gasteiger partial charge in [0.15, 0.2) is 0 Å². The molecular formula is C31H32F2N4O2. The fourth-order valence-corrected chi connectivity index (χ4v) is 4.88. The van der Waals surface area contributed by atoms with Gasteiger partial charge in [0.05, 0.1) is 24.1 Å². The van der Waals surface area contributed by atoms with Crippen LogP contribution in [0.5, 0.6) is 0 Å². The number of nitrogens with two attached hydrogens (primary N) is 1. The normalized spacial score (nSPS) is 16.8. The van der Waals surface area contributed by atoms with Gasteiger partial charge < -0.3 is 20.4 Å². The van der Waals surface area contributed by atoms with Crippen molar-refractivity contribution in [2.75, 3.05) is 23.7 Å². The van der Waals surface area contributed by atoms with Crippen LogP contribution in [0.2, 0.25) is 0 Å². The summed E-state index contributed by atoms with van der Waals surface area (Å²) in [6.45, 7) is 3.13. The zero-order valence-corrected chi connectivity index (χ0v) is 21.9. The quantitative estimate of drug-likeness (QED) is 0.353. The summed E-state index contributed by atoms with van der Waals surface area (Å²) >= 11 is 0. The zero-order valence-electron chi connectivity index (χ0n) is 21.9. The summed E-state index contributed by atoms with van der Waals surface area (Å²) in [5.41, 5.74) is 12.2. The van der Waals surface area contributed by atoms with Crippen molar-refractivity contribution < 1.29 is 18.0 Å². The average molecular weight is 531 g/mol. The lowest BCUT2D eigenvalue weighted by Crippen LogP contribution is -2.39. The number of carbonyl (C=O) groups is 1. The number of nitrogens with one attached hydrogen (secondary N) is 1. The number of alkyl halides is 2. The molecule has 1 aromatic carbocycles. The van der Waals surface area contributed by atoms with E-state index >= 15 is 0 Å². The SMILES string of the molecule is CCC1=CC(c2ccc(N3CCC(F)(F)CC3)cc2)=CCc2oc(CNC(=O)C=Cc3ccc(N)cn3)cc21. The molecule has 0 saturated carbocycles. The number of piperidine rings is 1. The van der Waals surface area contributed by atoms with E-state index in [0.717, 1.165) is 40.1 Å². The van der Waals surface area contributed by atoms with Gasteiger partial charge in [-0.15, -0.1) is 0 Å².